The van der Waals surface area contributed by atoms with Crippen molar-refractivity contribution in [1.29, 1.82) is 0 Å². The normalized spacial score (nSPS) is 20.7. The van der Waals surface area contributed by atoms with E-state index < -0.39 is 0 Å². The fraction of sp³-hybridized carbons (Fsp3) is 0.333. The zero-order valence-corrected chi connectivity index (χ0v) is 22.1. The van der Waals surface area contributed by atoms with E-state index in [1.54, 1.807) is 12.1 Å². The van der Waals surface area contributed by atoms with Crippen molar-refractivity contribution < 1.29 is 19.2 Å². The van der Waals surface area contributed by atoms with Gasteiger partial charge in [-0.3, -0.25) is 29.1 Å². The monoisotopic (exact) mass is 540 g/mol. The van der Waals surface area contributed by atoms with Gasteiger partial charge in [0.1, 0.15) is 0 Å². The van der Waals surface area contributed by atoms with Crippen LogP contribution in [0.15, 0.2) is 61.2 Å². The van der Waals surface area contributed by atoms with E-state index in [1.165, 1.54) is 24.8 Å². The van der Waals surface area contributed by atoms with Crippen LogP contribution in [-0.4, -0.2) is 46.7 Å². The van der Waals surface area contributed by atoms with Crippen molar-refractivity contribution >= 4 is 23.6 Å². The molecule has 1 saturated carbocycles. The standard InChI is InChI=1S/C30H32N6O4/c37-27-23-9-25(17-31-15-23)29(39)35-13-21-5-7-22(8-6-21)14-36-30(40)26-10-24(16-32-18-26)28(38)34-12-20-2-1-19(3-4-20)11-33-27/h1-4,9-10,15-18,21-22H,5-8,11-14H2,(H,33,37)(H,34,38)(H,35,39)(H,36,40)/t21-,22+. The van der Waals surface area contributed by atoms with Gasteiger partial charge in [-0.25, -0.2) is 0 Å². The van der Waals surface area contributed by atoms with E-state index in [-0.39, 0.29) is 23.6 Å². The van der Waals surface area contributed by atoms with Gasteiger partial charge in [0.2, 0.25) is 0 Å². The largest absolute Gasteiger partial charge is 0.352 e. The van der Waals surface area contributed by atoms with Gasteiger partial charge in [-0.05, 0) is 60.8 Å². The van der Waals surface area contributed by atoms with Crippen LogP contribution >= 0.6 is 0 Å². The molecule has 40 heavy (non-hydrogen) atoms. The maximum atomic E-state index is 12.8. The van der Waals surface area contributed by atoms with Crippen molar-refractivity contribution in [2.75, 3.05) is 13.1 Å². The lowest BCUT2D eigenvalue weighted by molar-refractivity contribution is 0.0920. The fourth-order valence-electron chi connectivity index (χ4n) is 5.04. The first-order chi connectivity index (χ1) is 19.4. The number of nitrogens with zero attached hydrogens (tertiary/aromatic N) is 2. The van der Waals surface area contributed by atoms with Crippen LogP contribution in [0.2, 0.25) is 0 Å². The van der Waals surface area contributed by atoms with Gasteiger partial charge in [0.05, 0.1) is 22.3 Å². The van der Waals surface area contributed by atoms with E-state index in [0.717, 1.165) is 36.8 Å². The summed E-state index contributed by atoms with van der Waals surface area (Å²) in [5.74, 6) is -0.449. The molecular formula is C30H32N6O4. The maximum Gasteiger partial charge on any atom is 0.253 e. The fourth-order valence-corrected chi connectivity index (χ4v) is 5.04. The molecule has 5 aliphatic rings. The zero-order valence-electron chi connectivity index (χ0n) is 22.1. The molecule has 2 aromatic heterocycles. The molecule has 4 N–H and O–H groups in total. The minimum absolute atomic E-state index is 0.253. The zero-order chi connectivity index (χ0) is 27.9. The Kier molecular flexibility index (Phi) is 8.44. The lowest BCUT2D eigenvalue weighted by atomic mass is 9.82. The highest BCUT2D eigenvalue weighted by Gasteiger charge is 2.23. The molecule has 4 aliphatic heterocycles. The summed E-state index contributed by atoms with van der Waals surface area (Å²) in [6, 6.07) is 10.6. The van der Waals surface area contributed by atoms with Crippen LogP contribution in [0.3, 0.4) is 0 Å². The molecule has 10 nitrogen and oxygen atoms in total. The van der Waals surface area contributed by atoms with Gasteiger partial charge < -0.3 is 21.3 Å². The predicted molar refractivity (Wildman–Crippen MR) is 147 cm³/mol. The minimum Gasteiger partial charge on any atom is -0.352 e. The van der Waals surface area contributed by atoms with Crippen molar-refractivity contribution in [2.45, 2.75) is 38.8 Å². The Hall–Kier alpha value is -4.60. The number of pyridine rings is 2. The lowest BCUT2D eigenvalue weighted by Gasteiger charge is -2.28. The molecule has 1 aromatic carbocycles. The molecule has 10 heteroatoms. The highest BCUT2D eigenvalue weighted by molar-refractivity contribution is 6.00. The van der Waals surface area contributed by atoms with Crippen molar-refractivity contribution in [2.24, 2.45) is 11.8 Å². The Labute approximate surface area is 232 Å². The average molecular weight is 541 g/mol. The third-order valence-corrected chi connectivity index (χ3v) is 7.52. The smallest absolute Gasteiger partial charge is 0.253 e. The predicted octanol–water partition coefficient (Wildman–Crippen LogP) is 2.62. The van der Waals surface area contributed by atoms with Crippen LogP contribution in [0.4, 0.5) is 0 Å². The number of hydrogen-bond donors (Lipinski definition) is 4. The van der Waals surface area contributed by atoms with E-state index in [2.05, 4.69) is 31.2 Å². The summed E-state index contributed by atoms with van der Waals surface area (Å²) in [5.41, 5.74) is 3.07. The third kappa shape index (κ3) is 6.88. The number of carbonyl (C=O) groups is 4. The second-order valence-corrected chi connectivity index (χ2v) is 10.4. The number of amides is 4. The number of aromatic nitrogens is 2. The SMILES string of the molecule is O=C1NCc2ccc(cc2)CNC(=O)c2cncc(c2)C(=O)NC[C@H]2CC[C@H](CC2)CNC(=O)c2cncc1c2. The number of rotatable bonds is 0. The first kappa shape index (κ1) is 27.0. The van der Waals surface area contributed by atoms with Crippen LogP contribution in [0.1, 0.15) is 78.2 Å². The quantitative estimate of drug-likeness (QED) is 0.345. The van der Waals surface area contributed by atoms with Crippen LogP contribution < -0.4 is 21.3 Å². The van der Waals surface area contributed by atoms with Crippen molar-refractivity contribution in [3.05, 3.63) is 94.6 Å². The molecule has 1 aliphatic carbocycles. The summed E-state index contributed by atoms with van der Waals surface area (Å²) in [7, 11) is 0. The molecule has 0 radical (unpaired) electrons. The molecule has 0 spiro atoms. The average Bonchev–Trinajstić information content (AvgIpc) is 3.00. The highest BCUT2D eigenvalue weighted by atomic mass is 16.2. The van der Waals surface area contributed by atoms with Gasteiger partial charge in [0.15, 0.2) is 0 Å². The lowest BCUT2D eigenvalue weighted by Crippen LogP contribution is -2.35. The van der Waals surface area contributed by atoms with Crippen LogP contribution in [0.25, 0.3) is 0 Å². The number of nitrogens with one attached hydrogen (secondary N) is 4. The molecule has 1 fully saturated rings. The summed E-state index contributed by atoms with van der Waals surface area (Å²) in [4.78, 5) is 59.2. The van der Waals surface area contributed by atoms with E-state index >= 15 is 0 Å². The second kappa shape index (κ2) is 12.5. The molecule has 0 saturated heterocycles. The Bertz CT molecular complexity index is 1290. The van der Waals surface area contributed by atoms with E-state index in [4.69, 9.17) is 0 Å². The van der Waals surface area contributed by atoms with Crippen molar-refractivity contribution in [3.8, 4) is 0 Å². The first-order valence-electron chi connectivity index (χ1n) is 13.6. The van der Waals surface area contributed by atoms with Gasteiger partial charge in [-0.15, -0.1) is 0 Å². The Morgan fingerprint density at radius 2 is 0.825 bits per heavy atom. The molecule has 8 rings (SSSR count). The van der Waals surface area contributed by atoms with Gasteiger partial charge >= 0.3 is 0 Å². The third-order valence-electron chi connectivity index (χ3n) is 7.52. The summed E-state index contributed by atoms with van der Waals surface area (Å²) in [6.07, 6.45) is 9.58. The Balaban J connectivity index is 1.31. The van der Waals surface area contributed by atoms with Crippen LogP contribution in [0, 0.1) is 11.8 Å². The number of benzene rings is 1. The van der Waals surface area contributed by atoms with E-state index in [0.29, 0.717) is 60.3 Å². The van der Waals surface area contributed by atoms with E-state index in [9.17, 15) is 19.2 Å². The van der Waals surface area contributed by atoms with Crippen LogP contribution in [0.5, 0.6) is 0 Å². The highest BCUT2D eigenvalue weighted by Crippen LogP contribution is 2.28. The topological polar surface area (TPSA) is 142 Å². The Morgan fingerprint density at radius 3 is 1.18 bits per heavy atom. The van der Waals surface area contributed by atoms with Crippen LogP contribution in [-0.2, 0) is 13.1 Å². The van der Waals surface area contributed by atoms with Gasteiger partial charge in [-0.2, -0.15) is 0 Å². The molecule has 4 amide bonds. The van der Waals surface area contributed by atoms with Gasteiger partial charge in [0, 0.05) is 51.0 Å². The first-order valence-corrected chi connectivity index (χ1v) is 13.6. The maximum absolute atomic E-state index is 12.8. The molecule has 0 atom stereocenters. The minimum atomic E-state index is -0.318. The van der Waals surface area contributed by atoms with Crippen molar-refractivity contribution in [1.82, 2.24) is 31.2 Å². The van der Waals surface area contributed by atoms with Gasteiger partial charge in [0.25, 0.3) is 23.6 Å². The molecule has 206 valence electrons. The summed E-state index contributed by atoms with van der Waals surface area (Å²) >= 11 is 0. The number of carbonyl (C=O) groups excluding carboxylic acids is 4. The molecular weight excluding hydrogens is 508 g/mol. The van der Waals surface area contributed by atoms with E-state index in [1.807, 2.05) is 24.3 Å². The molecule has 8 bridgehead atoms. The summed E-state index contributed by atoms with van der Waals surface area (Å²) in [5, 5.41) is 11.7. The molecule has 3 aromatic rings. The summed E-state index contributed by atoms with van der Waals surface area (Å²) < 4.78 is 0. The number of hydrogen-bond acceptors (Lipinski definition) is 6. The Morgan fingerprint density at radius 1 is 0.500 bits per heavy atom. The van der Waals surface area contributed by atoms with Crippen molar-refractivity contribution in [3.63, 3.8) is 0 Å². The second-order valence-electron chi connectivity index (χ2n) is 10.4. The molecule has 0 unspecified atom stereocenters. The van der Waals surface area contributed by atoms with Gasteiger partial charge in [-0.1, -0.05) is 24.3 Å². The molecule has 6 heterocycles. The summed E-state index contributed by atoms with van der Waals surface area (Å²) in [6.45, 7) is 1.69.